The van der Waals surface area contributed by atoms with Gasteiger partial charge in [-0.05, 0) is 0 Å². The minimum absolute atomic E-state index is 0.0742. The van der Waals surface area contributed by atoms with Gasteiger partial charge in [0.2, 0.25) is 0 Å². The fourth-order valence-corrected chi connectivity index (χ4v) is 3.03. The fraction of sp³-hybridized carbons (Fsp3) is 0. The Morgan fingerprint density at radius 3 is 2.77 bits per heavy atom. The van der Waals surface area contributed by atoms with Gasteiger partial charge < -0.3 is 0 Å². The second-order valence-corrected chi connectivity index (χ2v) is 4.84. The summed E-state index contributed by atoms with van der Waals surface area (Å²) in [4.78, 5) is 0. The number of hydrogen-bond acceptors (Lipinski definition) is 2. The summed E-state index contributed by atoms with van der Waals surface area (Å²) < 4.78 is 46.0. The molecule has 0 fully saturated rings. The minimum atomic E-state index is -1.21. The molecule has 0 aromatic heterocycles. The van der Waals surface area contributed by atoms with Crippen molar-refractivity contribution in [3.8, 4) is 0 Å². The maximum atomic E-state index is 13.0. The van der Waals surface area contributed by atoms with E-state index in [0.717, 1.165) is 11.4 Å². The van der Waals surface area contributed by atoms with Crippen LogP contribution in [0.1, 0.15) is 0 Å². The van der Waals surface area contributed by atoms with E-state index in [2.05, 4.69) is 7.74 Å². The topological polar surface area (TPSA) is 24.7 Å². The Balaban J connectivity index is 2.78. The molecule has 1 aromatic rings. The van der Waals surface area contributed by atoms with Crippen LogP contribution >= 0.6 is 0 Å². The van der Waals surface area contributed by atoms with Gasteiger partial charge in [-0.3, -0.25) is 0 Å². The summed E-state index contributed by atoms with van der Waals surface area (Å²) in [5.41, 5.74) is -0.238. The van der Waals surface area contributed by atoms with E-state index >= 15 is 0 Å². The van der Waals surface area contributed by atoms with Crippen LogP contribution in [-0.4, -0.2) is 15.2 Å². The molecule has 0 N–H and O–H groups in total. The van der Waals surface area contributed by atoms with Crippen molar-refractivity contribution in [3.05, 3.63) is 23.5 Å². The van der Waals surface area contributed by atoms with Crippen molar-refractivity contribution in [2.24, 2.45) is 7.74 Å². The van der Waals surface area contributed by atoms with Crippen molar-refractivity contribution in [3.63, 3.8) is 0 Å². The molecule has 13 heavy (non-hydrogen) atoms. The predicted molar refractivity (Wildman–Crippen MR) is 43.6 cm³/mol. The Morgan fingerprint density at radius 1 is 1.23 bits per heavy atom. The van der Waals surface area contributed by atoms with Gasteiger partial charge >= 0.3 is 81.1 Å². The number of fused-ring (bicyclic) bond motifs is 1. The molecular formula is C6HF3N2SSe. The number of nitrogens with zero attached hydrogens (tertiary/aromatic N) is 2. The van der Waals surface area contributed by atoms with Crippen LogP contribution in [0.3, 0.4) is 0 Å². The average Bonchev–Trinajstić information content (AvgIpc) is 2.15. The third-order valence-corrected chi connectivity index (χ3v) is 3.89. The number of hydrogen-bond donors (Lipinski definition) is 0. The van der Waals surface area contributed by atoms with Gasteiger partial charge in [-0.1, -0.05) is 0 Å². The van der Waals surface area contributed by atoms with Gasteiger partial charge in [0.15, 0.2) is 0 Å². The third-order valence-electron chi connectivity index (χ3n) is 1.40. The molecule has 0 atom stereocenters. The third kappa shape index (κ3) is 1.43. The zero-order chi connectivity index (χ0) is 9.42. The van der Waals surface area contributed by atoms with Crippen LogP contribution in [0.5, 0.6) is 0 Å². The van der Waals surface area contributed by atoms with E-state index in [9.17, 15) is 13.2 Å². The predicted octanol–water partition coefficient (Wildman–Crippen LogP) is 1.44. The average molecular weight is 269 g/mol. The first kappa shape index (κ1) is 8.93. The molecule has 1 aliphatic heterocycles. The molecule has 68 valence electrons. The molecule has 7 heteroatoms. The second-order valence-electron chi connectivity index (χ2n) is 2.17. The van der Waals surface area contributed by atoms with Gasteiger partial charge in [0.1, 0.15) is 0 Å². The Morgan fingerprint density at radius 2 is 2.00 bits per heavy atom. The van der Waals surface area contributed by atoms with Gasteiger partial charge in [-0.2, -0.15) is 0 Å². The molecule has 1 heterocycles. The Hall–Kier alpha value is -0.651. The van der Waals surface area contributed by atoms with E-state index in [-0.39, 0.29) is 10.1 Å². The van der Waals surface area contributed by atoms with E-state index in [4.69, 9.17) is 0 Å². The van der Waals surface area contributed by atoms with Crippen LogP contribution in [0.15, 0.2) is 13.8 Å². The number of rotatable bonds is 0. The summed E-state index contributed by atoms with van der Waals surface area (Å²) in [5.74, 6) is -3.08. The van der Waals surface area contributed by atoms with Crippen molar-refractivity contribution in [1.82, 2.24) is 0 Å². The van der Waals surface area contributed by atoms with E-state index in [1.54, 1.807) is 0 Å². The standard InChI is InChI=1S/C6HF3N2SSe/c7-2-1-3(8)6-5(4(2)9)10-12-11-13-6/h1H. The van der Waals surface area contributed by atoms with Crippen molar-refractivity contribution >= 4 is 36.7 Å². The van der Waals surface area contributed by atoms with E-state index in [0.29, 0.717) is 6.07 Å². The molecule has 0 unspecified atom stereocenters. The monoisotopic (exact) mass is 270 g/mol. The van der Waals surface area contributed by atoms with E-state index < -0.39 is 32.6 Å². The van der Waals surface area contributed by atoms with Crippen LogP contribution in [0.4, 0.5) is 18.9 Å². The summed E-state index contributed by atoms with van der Waals surface area (Å²) in [6.45, 7) is 0. The molecule has 0 bridgehead atoms. The Labute approximate surface area is 81.4 Å². The SMILES string of the molecule is Fc1cc(F)c2c(c1F)N=S=N[Se]2. The van der Waals surface area contributed by atoms with Crippen LogP contribution in [-0.2, 0) is 11.4 Å². The first-order valence-corrected chi connectivity index (χ1v) is 5.47. The molecule has 0 spiro atoms. The normalized spacial score (nSPS) is 13.8. The van der Waals surface area contributed by atoms with Crippen LogP contribution in [0.25, 0.3) is 0 Å². The van der Waals surface area contributed by atoms with E-state index in [1.807, 2.05) is 0 Å². The van der Waals surface area contributed by atoms with Gasteiger partial charge in [0, 0.05) is 0 Å². The fourth-order valence-electron chi connectivity index (χ4n) is 0.846. The van der Waals surface area contributed by atoms with Crippen molar-refractivity contribution < 1.29 is 13.2 Å². The van der Waals surface area contributed by atoms with Gasteiger partial charge in [-0.25, -0.2) is 0 Å². The molecule has 0 aliphatic carbocycles. The molecule has 2 rings (SSSR count). The molecule has 0 saturated carbocycles. The van der Waals surface area contributed by atoms with Crippen LogP contribution in [0, 0.1) is 17.5 Å². The molecule has 0 amide bonds. The first-order valence-electron chi connectivity index (χ1n) is 3.12. The summed E-state index contributed by atoms with van der Waals surface area (Å²) in [7, 11) is 0. The van der Waals surface area contributed by atoms with Gasteiger partial charge in [0.05, 0.1) is 0 Å². The van der Waals surface area contributed by atoms with Crippen molar-refractivity contribution in [1.29, 1.82) is 0 Å². The van der Waals surface area contributed by atoms with Crippen LogP contribution < -0.4 is 4.46 Å². The summed E-state index contributed by atoms with van der Waals surface area (Å²) >= 11 is 0.246. The molecule has 0 radical (unpaired) electrons. The van der Waals surface area contributed by atoms with Crippen LogP contribution in [0.2, 0.25) is 0 Å². The zero-order valence-electron chi connectivity index (χ0n) is 5.92. The Kier molecular flexibility index (Phi) is 2.23. The van der Waals surface area contributed by atoms with E-state index in [1.165, 1.54) is 0 Å². The zero-order valence-corrected chi connectivity index (χ0v) is 8.45. The van der Waals surface area contributed by atoms with Crippen molar-refractivity contribution in [2.45, 2.75) is 0 Å². The second kappa shape index (κ2) is 3.25. The molecule has 1 aliphatic rings. The molecule has 2 nitrogen and oxygen atoms in total. The number of halogens is 3. The summed E-state index contributed by atoms with van der Waals surface area (Å²) in [6, 6.07) is 0.525. The first-order chi connectivity index (χ1) is 6.20. The molecule has 1 aromatic carbocycles. The summed E-state index contributed by atoms with van der Waals surface area (Å²) in [6.07, 6.45) is 0. The van der Waals surface area contributed by atoms with Gasteiger partial charge in [-0.15, -0.1) is 0 Å². The quantitative estimate of drug-likeness (QED) is 0.503. The molecule has 0 saturated heterocycles. The van der Waals surface area contributed by atoms with Crippen molar-refractivity contribution in [2.75, 3.05) is 0 Å². The maximum absolute atomic E-state index is 13.0. The summed E-state index contributed by atoms with van der Waals surface area (Å²) in [5, 5.41) is 0. The van der Waals surface area contributed by atoms with Gasteiger partial charge in [0.25, 0.3) is 0 Å². The Bertz CT molecular complexity index is 442. The molecular weight excluding hydrogens is 268 g/mol. The number of benzene rings is 1.